The van der Waals surface area contributed by atoms with Crippen LogP contribution in [0.15, 0.2) is 18.2 Å². The predicted octanol–water partition coefficient (Wildman–Crippen LogP) is 2.50. The third kappa shape index (κ3) is 2.53. The van der Waals surface area contributed by atoms with Gasteiger partial charge >= 0.3 is 0 Å². The van der Waals surface area contributed by atoms with E-state index >= 15 is 0 Å². The van der Waals surface area contributed by atoms with Crippen molar-refractivity contribution in [3.05, 3.63) is 23.9 Å². The highest BCUT2D eigenvalue weighted by Gasteiger charge is 2.31. The molecule has 0 bridgehead atoms. The summed E-state index contributed by atoms with van der Waals surface area (Å²) >= 11 is 0. The molecule has 0 aromatic carbocycles. The first kappa shape index (κ1) is 11.4. The van der Waals surface area contributed by atoms with Crippen molar-refractivity contribution in [2.75, 3.05) is 11.9 Å². The van der Waals surface area contributed by atoms with Crippen LogP contribution in [0.4, 0.5) is 5.82 Å². The number of nitrogens with zero attached hydrogens (tertiary/aromatic N) is 1. The number of anilines is 1. The molecule has 0 spiro atoms. The summed E-state index contributed by atoms with van der Waals surface area (Å²) < 4.78 is 0. The molecule has 1 aliphatic carbocycles. The van der Waals surface area contributed by atoms with Crippen LogP contribution in [0.2, 0.25) is 0 Å². The first-order valence-electron chi connectivity index (χ1n) is 6.07. The molecular formula is C13H20N2O. The quantitative estimate of drug-likeness (QED) is 0.822. The van der Waals surface area contributed by atoms with Gasteiger partial charge in [-0.05, 0) is 31.9 Å². The van der Waals surface area contributed by atoms with Crippen molar-refractivity contribution < 1.29 is 5.11 Å². The number of aliphatic hydroxyl groups excluding tert-OH is 1. The predicted molar refractivity (Wildman–Crippen MR) is 65.5 cm³/mol. The normalized spacial score (nSPS) is 19.4. The lowest BCUT2D eigenvalue weighted by molar-refractivity contribution is 0.172. The summed E-state index contributed by atoms with van der Waals surface area (Å²) in [5.74, 6) is 0.885. The monoisotopic (exact) mass is 220 g/mol. The number of hydrogen-bond donors (Lipinski definition) is 2. The van der Waals surface area contributed by atoms with Gasteiger partial charge < -0.3 is 10.4 Å². The van der Waals surface area contributed by atoms with Crippen LogP contribution < -0.4 is 5.32 Å². The maximum atomic E-state index is 9.58. The van der Waals surface area contributed by atoms with E-state index in [0.717, 1.165) is 24.4 Å². The number of hydrogen-bond acceptors (Lipinski definition) is 3. The fourth-order valence-corrected chi connectivity index (χ4v) is 2.44. The lowest BCUT2D eigenvalue weighted by Crippen LogP contribution is -2.44. The Bertz CT molecular complexity index is 346. The van der Waals surface area contributed by atoms with Crippen LogP contribution in [0, 0.1) is 6.92 Å². The Labute approximate surface area is 96.9 Å². The average Bonchev–Trinajstić information content (AvgIpc) is 2.30. The van der Waals surface area contributed by atoms with Gasteiger partial charge in [-0.25, -0.2) is 4.98 Å². The van der Waals surface area contributed by atoms with Crippen LogP contribution in [0.3, 0.4) is 0 Å². The third-order valence-corrected chi connectivity index (χ3v) is 3.39. The van der Waals surface area contributed by atoms with Gasteiger partial charge in [-0.15, -0.1) is 0 Å². The second-order valence-electron chi connectivity index (χ2n) is 4.79. The van der Waals surface area contributed by atoms with Crippen molar-refractivity contribution in [2.24, 2.45) is 0 Å². The van der Waals surface area contributed by atoms with Gasteiger partial charge in [0.15, 0.2) is 0 Å². The molecule has 1 saturated carbocycles. The van der Waals surface area contributed by atoms with Crippen LogP contribution >= 0.6 is 0 Å². The number of aryl methyl sites for hydroxylation is 1. The number of pyridine rings is 1. The number of nitrogens with one attached hydrogen (secondary N) is 1. The van der Waals surface area contributed by atoms with Crippen molar-refractivity contribution >= 4 is 5.82 Å². The summed E-state index contributed by atoms with van der Waals surface area (Å²) in [5, 5.41) is 13.0. The van der Waals surface area contributed by atoms with E-state index in [0.29, 0.717) is 0 Å². The first-order chi connectivity index (χ1) is 7.74. The van der Waals surface area contributed by atoms with E-state index in [-0.39, 0.29) is 12.1 Å². The zero-order chi connectivity index (χ0) is 11.4. The lowest BCUT2D eigenvalue weighted by Gasteiger charge is -2.37. The fourth-order valence-electron chi connectivity index (χ4n) is 2.44. The van der Waals surface area contributed by atoms with E-state index in [1.807, 2.05) is 25.1 Å². The van der Waals surface area contributed by atoms with Gasteiger partial charge in [0.1, 0.15) is 5.82 Å². The molecule has 0 saturated heterocycles. The zero-order valence-electron chi connectivity index (χ0n) is 9.87. The highest BCUT2D eigenvalue weighted by Crippen LogP contribution is 2.30. The first-order valence-corrected chi connectivity index (χ1v) is 6.07. The summed E-state index contributed by atoms with van der Waals surface area (Å²) in [5.41, 5.74) is 0.868. The molecule has 2 rings (SSSR count). The molecule has 0 unspecified atom stereocenters. The Kier molecular flexibility index (Phi) is 3.44. The van der Waals surface area contributed by atoms with Crippen molar-refractivity contribution in [1.82, 2.24) is 4.98 Å². The van der Waals surface area contributed by atoms with E-state index in [9.17, 15) is 5.11 Å². The molecule has 0 aliphatic heterocycles. The molecule has 0 atom stereocenters. The SMILES string of the molecule is Cc1cccc(NC2(CO)CCCCC2)n1. The third-order valence-electron chi connectivity index (χ3n) is 3.39. The summed E-state index contributed by atoms with van der Waals surface area (Å²) in [6, 6.07) is 5.95. The highest BCUT2D eigenvalue weighted by molar-refractivity contribution is 5.38. The van der Waals surface area contributed by atoms with Gasteiger partial charge in [0, 0.05) is 5.69 Å². The fraction of sp³-hybridized carbons (Fsp3) is 0.615. The maximum Gasteiger partial charge on any atom is 0.126 e. The Morgan fingerprint density at radius 3 is 2.69 bits per heavy atom. The minimum absolute atomic E-state index is 0.140. The molecule has 1 heterocycles. The molecule has 2 N–H and O–H groups in total. The summed E-state index contributed by atoms with van der Waals surface area (Å²) in [7, 11) is 0. The molecule has 3 nitrogen and oxygen atoms in total. The largest absolute Gasteiger partial charge is 0.394 e. The Morgan fingerprint density at radius 1 is 1.31 bits per heavy atom. The van der Waals surface area contributed by atoms with Gasteiger partial charge in [-0.1, -0.05) is 25.3 Å². The van der Waals surface area contributed by atoms with Crippen molar-refractivity contribution in [3.8, 4) is 0 Å². The van der Waals surface area contributed by atoms with Crippen molar-refractivity contribution in [2.45, 2.75) is 44.6 Å². The van der Waals surface area contributed by atoms with Crippen LogP contribution in [-0.2, 0) is 0 Å². The Morgan fingerprint density at radius 2 is 2.06 bits per heavy atom. The molecule has 0 radical (unpaired) electrons. The van der Waals surface area contributed by atoms with E-state index in [2.05, 4.69) is 10.3 Å². The lowest BCUT2D eigenvalue weighted by atomic mass is 9.82. The van der Waals surface area contributed by atoms with Gasteiger partial charge in [0.2, 0.25) is 0 Å². The average molecular weight is 220 g/mol. The summed E-state index contributed by atoms with van der Waals surface area (Å²) in [6.07, 6.45) is 5.75. The van der Waals surface area contributed by atoms with Gasteiger partial charge in [-0.3, -0.25) is 0 Å². The Hall–Kier alpha value is -1.09. The van der Waals surface area contributed by atoms with Gasteiger partial charge in [0.05, 0.1) is 12.1 Å². The summed E-state index contributed by atoms with van der Waals surface area (Å²) in [6.45, 7) is 2.18. The van der Waals surface area contributed by atoms with Crippen LogP contribution in [-0.4, -0.2) is 22.2 Å². The second-order valence-corrected chi connectivity index (χ2v) is 4.79. The minimum Gasteiger partial charge on any atom is -0.394 e. The molecule has 3 heteroatoms. The van der Waals surface area contributed by atoms with E-state index < -0.39 is 0 Å². The van der Waals surface area contributed by atoms with E-state index in [1.165, 1.54) is 19.3 Å². The van der Waals surface area contributed by atoms with E-state index in [4.69, 9.17) is 0 Å². The molecule has 16 heavy (non-hydrogen) atoms. The number of aliphatic hydroxyl groups is 1. The maximum absolute atomic E-state index is 9.58. The van der Waals surface area contributed by atoms with E-state index in [1.54, 1.807) is 0 Å². The highest BCUT2D eigenvalue weighted by atomic mass is 16.3. The molecule has 1 fully saturated rings. The van der Waals surface area contributed by atoms with Crippen LogP contribution in [0.25, 0.3) is 0 Å². The number of rotatable bonds is 3. The standard InChI is InChI=1S/C13H20N2O/c1-11-6-5-7-12(14-11)15-13(10-16)8-3-2-4-9-13/h5-7,16H,2-4,8-10H2,1H3,(H,14,15). The topological polar surface area (TPSA) is 45.1 Å². The van der Waals surface area contributed by atoms with Gasteiger partial charge in [0.25, 0.3) is 0 Å². The smallest absolute Gasteiger partial charge is 0.126 e. The van der Waals surface area contributed by atoms with Crippen LogP contribution in [0.1, 0.15) is 37.8 Å². The van der Waals surface area contributed by atoms with Crippen molar-refractivity contribution in [3.63, 3.8) is 0 Å². The molecular weight excluding hydrogens is 200 g/mol. The summed E-state index contributed by atoms with van der Waals surface area (Å²) in [4.78, 5) is 4.44. The molecule has 1 aromatic rings. The molecule has 88 valence electrons. The second kappa shape index (κ2) is 4.83. The Balaban J connectivity index is 2.11. The number of aromatic nitrogens is 1. The molecule has 0 amide bonds. The minimum atomic E-state index is -0.140. The van der Waals surface area contributed by atoms with Crippen molar-refractivity contribution in [1.29, 1.82) is 0 Å². The van der Waals surface area contributed by atoms with Crippen LogP contribution in [0.5, 0.6) is 0 Å². The van der Waals surface area contributed by atoms with Gasteiger partial charge in [-0.2, -0.15) is 0 Å². The zero-order valence-corrected chi connectivity index (χ0v) is 9.87. The molecule has 1 aliphatic rings. The molecule has 1 aromatic heterocycles.